The van der Waals surface area contributed by atoms with Gasteiger partial charge in [0, 0.05) is 18.8 Å². The van der Waals surface area contributed by atoms with Crippen molar-refractivity contribution in [3.63, 3.8) is 0 Å². The summed E-state index contributed by atoms with van der Waals surface area (Å²) in [5.74, 6) is -1.52. The molecule has 4 heteroatoms. The van der Waals surface area contributed by atoms with Crippen LogP contribution in [0.1, 0.15) is 26.7 Å². The maximum atomic E-state index is 12.9. The fraction of sp³-hybridized carbons (Fsp3) is 0.500. The van der Waals surface area contributed by atoms with Crippen molar-refractivity contribution >= 4 is 11.7 Å². The molecule has 0 saturated carbocycles. The van der Waals surface area contributed by atoms with Gasteiger partial charge >= 0.3 is 5.97 Å². The molecule has 0 bridgehead atoms. The summed E-state index contributed by atoms with van der Waals surface area (Å²) < 4.78 is 12.9. The van der Waals surface area contributed by atoms with Crippen molar-refractivity contribution in [1.82, 2.24) is 0 Å². The second-order valence-electron chi connectivity index (χ2n) is 4.52. The summed E-state index contributed by atoms with van der Waals surface area (Å²) in [7, 11) is 0. The molecule has 1 atom stereocenters. The lowest BCUT2D eigenvalue weighted by Crippen LogP contribution is -2.32. The first-order valence-electron chi connectivity index (χ1n) is 6.28. The molecule has 0 heterocycles. The number of nitrogens with zero attached hydrogens (tertiary/aromatic N) is 1. The average molecular weight is 253 g/mol. The standard InChI is InChI=1S/C14H20FNO2/c1-3-4-9-16(10-11(2)14(17)18)13-7-5-12(15)6-8-13/h5-8,11H,3-4,9-10H2,1-2H3,(H,17,18). The molecule has 0 amide bonds. The zero-order valence-electron chi connectivity index (χ0n) is 10.9. The quantitative estimate of drug-likeness (QED) is 0.811. The van der Waals surface area contributed by atoms with E-state index in [1.807, 2.05) is 4.90 Å². The number of unbranched alkanes of at least 4 members (excludes halogenated alkanes) is 1. The molecule has 1 aromatic rings. The van der Waals surface area contributed by atoms with Gasteiger partial charge in [0.15, 0.2) is 0 Å². The van der Waals surface area contributed by atoms with Gasteiger partial charge in [0.25, 0.3) is 0 Å². The van der Waals surface area contributed by atoms with E-state index in [0.717, 1.165) is 25.1 Å². The van der Waals surface area contributed by atoms with Crippen LogP contribution in [0.4, 0.5) is 10.1 Å². The number of carboxylic acids is 1. The Labute approximate surface area is 107 Å². The fourth-order valence-electron chi connectivity index (χ4n) is 1.74. The van der Waals surface area contributed by atoms with Crippen molar-refractivity contribution in [2.75, 3.05) is 18.0 Å². The Hall–Kier alpha value is -1.58. The van der Waals surface area contributed by atoms with Gasteiger partial charge in [-0.1, -0.05) is 20.3 Å². The van der Waals surface area contributed by atoms with Crippen LogP contribution < -0.4 is 4.90 Å². The molecule has 0 aliphatic rings. The Morgan fingerprint density at radius 3 is 2.50 bits per heavy atom. The monoisotopic (exact) mass is 253 g/mol. The van der Waals surface area contributed by atoms with E-state index < -0.39 is 11.9 Å². The maximum Gasteiger partial charge on any atom is 0.308 e. The fourth-order valence-corrected chi connectivity index (χ4v) is 1.74. The third-order valence-corrected chi connectivity index (χ3v) is 2.89. The topological polar surface area (TPSA) is 40.5 Å². The maximum absolute atomic E-state index is 12.9. The predicted molar refractivity (Wildman–Crippen MR) is 70.3 cm³/mol. The zero-order chi connectivity index (χ0) is 13.5. The first-order chi connectivity index (χ1) is 8.54. The highest BCUT2D eigenvalue weighted by Gasteiger charge is 2.16. The molecular formula is C14H20FNO2. The Bertz CT molecular complexity index is 378. The van der Waals surface area contributed by atoms with E-state index in [-0.39, 0.29) is 5.82 Å². The number of aliphatic carboxylic acids is 1. The van der Waals surface area contributed by atoms with Crippen molar-refractivity contribution in [3.05, 3.63) is 30.1 Å². The van der Waals surface area contributed by atoms with Crippen LogP contribution in [0.2, 0.25) is 0 Å². The lowest BCUT2D eigenvalue weighted by Gasteiger charge is -2.26. The normalized spacial score (nSPS) is 12.2. The summed E-state index contributed by atoms with van der Waals surface area (Å²) in [6.45, 7) is 5.01. The highest BCUT2D eigenvalue weighted by atomic mass is 19.1. The van der Waals surface area contributed by atoms with E-state index in [1.165, 1.54) is 12.1 Å². The van der Waals surface area contributed by atoms with Gasteiger partial charge in [-0.15, -0.1) is 0 Å². The molecule has 18 heavy (non-hydrogen) atoms. The van der Waals surface area contributed by atoms with Gasteiger partial charge in [-0.05, 0) is 30.7 Å². The van der Waals surface area contributed by atoms with Gasteiger partial charge in [-0.3, -0.25) is 4.79 Å². The van der Waals surface area contributed by atoms with Gasteiger partial charge in [-0.25, -0.2) is 4.39 Å². The van der Waals surface area contributed by atoms with Crippen LogP contribution in [0.5, 0.6) is 0 Å². The second-order valence-corrected chi connectivity index (χ2v) is 4.52. The van der Waals surface area contributed by atoms with E-state index in [9.17, 15) is 9.18 Å². The Kier molecular flexibility index (Phi) is 5.62. The van der Waals surface area contributed by atoms with Crippen LogP contribution >= 0.6 is 0 Å². The number of hydrogen-bond donors (Lipinski definition) is 1. The Morgan fingerprint density at radius 2 is 2.00 bits per heavy atom. The van der Waals surface area contributed by atoms with Crippen LogP contribution in [0.3, 0.4) is 0 Å². The minimum atomic E-state index is -0.807. The lowest BCUT2D eigenvalue weighted by atomic mass is 10.1. The molecule has 0 aromatic heterocycles. The van der Waals surface area contributed by atoms with E-state index in [4.69, 9.17) is 5.11 Å². The molecule has 100 valence electrons. The van der Waals surface area contributed by atoms with Crippen molar-refractivity contribution in [1.29, 1.82) is 0 Å². The Balaban J connectivity index is 2.76. The van der Waals surface area contributed by atoms with Crippen molar-refractivity contribution in [2.45, 2.75) is 26.7 Å². The summed E-state index contributed by atoms with van der Waals surface area (Å²) in [4.78, 5) is 12.9. The predicted octanol–water partition coefficient (Wildman–Crippen LogP) is 3.15. The molecule has 0 aliphatic heterocycles. The third-order valence-electron chi connectivity index (χ3n) is 2.89. The van der Waals surface area contributed by atoms with Crippen molar-refractivity contribution in [3.8, 4) is 0 Å². The van der Waals surface area contributed by atoms with E-state index in [0.29, 0.717) is 6.54 Å². The Morgan fingerprint density at radius 1 is 1.39 bits per heavy atom. The first kappa shape index (κ1) is 14.5. The number of hydrogen-bond acceptors (Lipinski definition) is 2. The van der Waals surface area contributed by atoms with Crippen LogP contribution in [0, 0.1) is 11.7 Å². The van der Waals surface area contributed by atoms with Crippen LogP contribution in [-0.4, -0.2) is 24.2 Å². The molecule has 1 N–H and O–H groups in total. The van der Waals surface area contributed by atoms with Gasteiger partial charge in [-0.2, -0.15) is 0 Å². The zero-order valence-corrected chi connectivity index (χ0v) is 10.9. The molecule has 0 fully saturated rings. The van der Waals surface area contributed by atoms with Crippen LogP contribution in [0.25, 0.3) is 0 Å². The van der Waals surface area contributed by atoms with E-state index >= 15 is 0 Å². The molecule has 1 rings (SSSR count). The molecule has 0 aliphatic carbocycles. The molecule has 0 radical (unpaired) electrons. The lowest BCUT2D eigenvalue weighted by molar-refractivity contribution is -0.140. The number of anilines is 1. The van der Waals surface area contributed by atoms with Gasteiger partial charge in [0.2, 0.25) is 0 Å². The second kappa shape index (κ2) is 6.99. The van der Waals surface area contributed by atoms with Crippen LogP contribution in [0.15, 0.2) is 24.3 Å². The SMILES string of the molecule is CCCCN(CC(C)C(=O)O)c1ccc(F)cc1. The van der Waals surface area contributed by atoms with Gasteiger partial charge in [0.05, 0.1) is 5.92 Å². The van der Waals surface area contributed by atoms with Crippen molar-refractivity contribution < 1.29 is 14.3 Å². The molecule has 1 aromatic carbocycles. The highest BCUT2D eigenvalue weighted by molar-refractivity contribution is 5.70. The van der Waals surface area contributed by atoms with Crippen LogP contribution in [-0.2, 0) is 4.79 Å². The number of carbonyl (C=O) groups is 1. The van der Waals surface area contributed by atoms with E-state index in [2.05, 4.69) is 6.92 Å². The number of rotatable bonds is 7. The van der Waals surface area contributed by atoms with Gasteiger partial charge in [0.1, 0.15) is 5.82 Å². The highest BCUT2D eigenvalue weighted by Crippen LogP contribution is 2.17. The average Bonchev–Trinajstić information content (AvgIpc) is 2.35. The molecule has 0 saturated heterocycles. The summed E-state index contributed by atoms with van der Waals surface area (Å²) in [5, 5.41) is 8.96. The molecule has 0 spiro atoms. The van der Waals surface area contributed by atoms with Gasteiger partial charge < -0.3 is 10.0 Å². The summed E-state index contributed by atoms with van der Waals surface area (Å²) in [5.41, 5.74) is 0.873. The molecule has 1 unspecified atom stereocenters. The number of carboxylic acid groups (broad SMARTS) is 1. The largest absolute Gasteiger partial charge is 0.481 e. The molecule has 3 nitrogen and oxygen atoms in total. The van der Waals surface area contributed by atoms with Crippen molar-refractivity contribution in [2.24, 2.45) is 5.92 Å². The molecular weight excluding hydrogens is 233 g/mol. The smallest absolute Gasteiger partial charge is 0.308 e. The third kappa shape index (κ3) is 4.35. The summed E-state index contributed by atoms with van der Waals surface area (Å²) >= 11 is 0. The van der Waals surface area contributed by atoms with E-state index in [1.54, 1.807) is 19.1 Å². The summed E-state index contributed by atoms with van der Waals surface area (Å²) in [6.07, 6.45) is 2.03. The minimum Gasteiger partial charge on any atom is -0.481 e. The first-order valence-corrected chi connectivity index (χ1v) is 6.28. The minimum absolute atomic E-state index is 0.277. The summed E-state index contributed by atoms with van der Waals surface area (Å²) in [6, 6.07) is 6.19. The number of benzene rings is 1. The number of halogens is 1.